The van der Waals surface area contributed by atoms with Crippen LogP contribution >= 0.6 is 0 Å². The number of methoxy groups -OCH3 is 2. The molecule has 0 atom stereocenters. The number of phenols is 2. The Morgan fingerprint density at radius 3 is 1.97 bits per heavy atom. The third-order valence-corrected chi connectivity index (χ3v) is 6.47. The number of rotatable bonds is 15. The van der Waals surface area contributed by atoms with Crippen molar-refractivity contribution < 1.29 is 19.7 Å². The van der Waals surface area contributed by atoms with Crippen LogP contribution in [-0.2, 0) is 13.1 Å². The molecule has 8 nitrogen and oxygen atoms in total. The minimum Gasteiger partial charge on any atom is -0.506 e. The molecule has 0 aliphatic carbocycles. The molecule has 0 bridgehead atoms. The van der Waals surface area contributed by atoms with Crippen LogP contribution in [0.2, 0.25) is 0 Å². The Hall–Kier alpha value is -3.75. The predicted octanol–water partition coefficient (Wildman–Crippen LogP) is 5.27. The molecule has 8 heteroatoms. The summed E-state index contributed by atoms with van der Waals surface area (Å²) >= 11 is 0. The average Bonchev–Trinajstić information content (AvgIpc) is 2.94. The van der Waals surface area contributed by atoms with Gasteiger partial charge < -0.3 is 25.0 Å². The van der Waals surface area contributed by atoms with E-state index in [1.165, 1.54) is 12.1 Å². The molecule has 0 aliphatic rings. The quantitative estimate of drug-likeness (QED) is 0.143. The van der Waals surface area contributed by atoms with Gasteiger partial charge in [0, 0.05) is 62.2 Å². The van der Waals surface area contributed by atoms with Gasteiger partial charge in [0.1, 0.15) is 28.7 Å². The van der Waals surface area contributed by atoms with E-state index in [1.807, 2.05) is 42.5 Å². The van der Waals surface area contributed by atoms with Gasteiger partial charge in [-0.2, -0.15) is 0 Å². The second kappa shape index (κ2) is 14.9. The van der Waals surface area contributed by atoms with Crippen molar-refractivity contribution in [3.8, 4) is 23.0 Å². The summed E-state index contributed by atoms with van der Waals surface area (Å²) < 4.78 is 10.9. The summed E-state index contributed by atoms with van der Waals surface area (Å²) in [7, 11) is 3.36. The third-order valence-electron chi connectivity index (χ3n) is 6.47. The number of nitrogens with one attached hydrogen (secondary N) is 1. The van der Waals surface area contributed by atoms with Crippen LogP contribution in [0.1, 0.15) is 25.0 Å². The molecule has 3 rings (SSSR count). The number of aliphatic imine (C=N–C) groups is 1. The van der Waals surface area contributed by atoms with Crippen LogP contribution in [0, 0.1) is 0 Å². The van der Waals surface area contributed by atoms with Crippen LogP contribution in [0.25, 0.3) is 0 Å². The first-order valence-corrected chi connectivity index (χ1v) is 13.0. The SMILES string of the molecule is CCN(CC=Nc1cc(O)c(NCCN(CC)Cc2ccccc2OC)cc1O)Cc1ccccc1OC. The molecule has 0 radical (unpaired) electrons. The summed E-state index contributed by atoms with van der Waals surface area (Å²) in [6.45, 7) is 9.34. The smallest absolute Gasteiger partial charge is 0.143 e. The van der Waals surface area contributed by atoms with Crippen molar-refractivity contribution in [2.75, 3.05) is 52.3 Å². The van der Waals surface area contributed by atoms with E-state index in [9.17, 15) is 10.2 Å². The number of likely N-dealkylation sites (N-methyl/N-ethyl adjacent to an activating group) is 1. The number of hydrogen-bond donors (Lipinski definition) is 3. The Labute approximate surface area is 226 Å². The molecular formula is C30H40N4O4. The first-order valence-electron chi connectivity index (χ1n) is 13.0. The second-order valence-electron chi connectivity index (χ2n) is 8.92. The van der Waals surface area contributed by atoms with Crippen LogP contribution in [-0.4, -0.2) is 73.2 Å². The number of para-hydroxylation sites is 2. The molecule has 0 fully saturated rings. The summed E-state index contributed by atoms with van der Waals surface area (Å²) in [5.41, 5.74) is 3.03. The summed E-state index contributed by atoms with van der Waals surface area (Å²) in [5, 5.41) is 24.3. The Morgan fingerprint density at radius 2 is 1.39 bits per heavy atom. The van der Waals surface area contributed by atoms with E-state index < -0.39 is 0 Å². The normalized spacial score (nSPS) is 11.4. The highest BCUT2D eigenvalue weighted by Gasteiger charge is 2.11. The lowest BCUT2D eigenvalue weighted by Gasteiger charge is -2.22. The summed E-state index contributed by atoms with van der Waals surface area (Å²) in [6, 6.07) is 19.0. The molecule has 204 valence electrons. The Morgan fingerprint density at radius 1 is 0.816 bits per heavy atom. The van der Waals surface area contributed by atoms with E-state index in [-0.39, 0.29) is 11.5 Å². The highest BCUT2D eigenvalue weighted by Crippen LogP contribution is 2.36. The number of aromatic hydroxyl groups is 2. The molecule has 3 aromatic carbocycles. The van der Waals surface area contributed by atoms with Crippen molar-refractivity contribution in [3.63, 3.8) is 0 Å². The highest BCUT2D eigenvalue weighted by molar-refractivity contribution is 5.73. The zero-order chi connectivity index (χ0) is 27.3. The largest absolute Gasteiger partial charge is 0.506 e. The van der Waals surface area contributed by atoms with Crippen LogP contribution < -0.4 is 14.8 Å². The fourth-order valence-corrected chi connectivity index (χ4v) is 4.22. The molecule has 0 aliphatic heterocycles. The Kier molecular flexibility index (Phi) is 11.3. The van der Waals surface area contributed by atoms with Gasteiger partial charge in [0.05, 0.1) is 19.9 Å². The van der Waals surface area contributed by atoms with Gasteiger partial charge in [0.2, 0.25) is 0 Å². The van der Waals surface area contributed by atoms with Crippen molar-refractivity contribution in [2.24, 2.45) is 4.99 Å². The molecule has 0 unspecified atom stereocenters. The lowest BCUT2D eigenvalue weighted by molar-refractivity contribution is 0.285. The average molecular weight is 521 g/mol. The molecule has 0 saturated heterocycles. The molecule has 3 aromatic rings. The standard InChI is InChI=1S/C30H40N4O4/c1-5-33(21-23-11-7-9-13-29(23)37-3)17-15-31-25-19-28(36)26(20-27(25)35)32-16-18-34(6-2)22-24-12-8-10-14-30(24)38-4/h7-15,19-20,32,35-36H,5-6,16-18,21-22H2,1-4H3. The van der Waals surface area contributed by atoms with Gasteiger partial charge in [-0.05, 0) is 25.2 Å². The van der Waals surface area contributed by atoms with Crippen LogP contribution in [0.3, 0.4) is 0 Å². The maximum absolute atomic E-state index is 10.5. The van der Waals surface area contributed by atoms with E-state index in [0.717, 1.165) is 55.3 Å². The monoisotopic (exact) mass is 520 g/mol. The van der Waals surface area contributed by atoms with Gasteiger partial charge >= 0.3 is 0 Å². The molecule has 0 aromatic heterocycles. The minimum atomic E-state index is 0.00990. The first-order chi connectivity index (χ1) is 18.5. The lowest BCUT2D eigenvalue weighted by atomic mass is 10.2. The number of hydrogen-bond acceptors (Lipinski definition) is 8. The van der Waals surface area contributed by atoms with Crippen molar-refractivity contribution in [1.82, 2.24) is 9.80 Å². The van der Waals surface area contributed by atoms with Gasteiger partial charge in [0.15, 0.2) is 0 Å². The summed E-state index contributed by atoms with van der Waals surface area (Å²) in [4.78, 5) is 8.90. The Bertz CT molecular complexity index is 1180. The van der Waals surface area contributed by atoms with Crippen molar-refractivity contribution >= 4 is 17.6 Å². The minimum absolute atomic E-state index is 0.00990. The van der Waals surface area contributed by atoms with Gasteiger partial charge in [-0.3, -0.25) is 14.8 Å². The topological polar surface area (TPSA) is 89.8 Å². The summed E-state index contributed by atoms with van der Waals surface area (Å²) in [5.74, 6) is 1.79. The van der Waals surface area contributed by atoms with Crippen molar-refractivity contribution in [3.05, 3.63) is 71.8 Å². The Balaban J connectivity index is 1.55. The zero-order valence-electron chi connectivity index (χ0n) is 22.9. The number of phenolic OH excluding ortho intramolecular Hbond substituents is 2. The molecule has 0 amide bonds. The van der Waals surface area contributed by atoms with Crippen LogP contribution in [0.15, 0.2) is 65.7 Å². The van der Waals surface area contributed by atoms with Crippen molar-refractivity contribution in [2.45, 2.75) is 26.9 Å². The second-order valence-corrected chi connectivity index (χ2v) is 8.92. The van der Waals surface area contributed by atoms with Gasteiger partial charge in [-0.15, -0.1) is 0 Å². The lowest BCUT2D eigenvalue weighted by Crippen LogP contribution is -2.28. The third kappa shape index (κ3) is 8.13. The maximum Gasteiger partial charge on any atom is 0.143 e. The molecular weight excluding hydrogens is 480 g/mol. The maximum atomic E-state index is 10.5. The molecule has 0 spiro atoms. The number of nitrogens with zero attached hydrogens (tertiary/aromatic N) is 3. The summed E-state index contributed by atoms with van der Waals surface area (Å²) in [6.07, 6.45) is 1.75. The van der Waals surface area contributed by atoms with Gasteiger partial charge in [0.25, 0.3) is 0 Å². The first kappa shape index (κ1) is 28.8. The number of benzene rings is 3. The number of anilines is 1. The highest BCUT2D eigenvalue weighted by atomic mass is 16.5. The molecule has 38 heavy (non-hydrogen) atoms. The van der Waals surface area contributed by atoms with E-state index in [2.05, 4.69) is 40.0 Å². The van der Waals surface area contributed by atoms with Crippen molar-refractivity contribution in [1.29, 1.82) is 0 Å². The fourth-order valence-electron chi connectivity index (χ4n) is 4.22. The van der Waals surface area contributed by atoms with Crippen LogP contribution in [0.5, 0.6) is 23.0 Å². The van der Waals surface area contributed by atoms with Gasteiger partial charge in [-0.25, -0.2) is 0 Å². The van der Waals surface area contributed by atoms with E-state index in [1.54, 1.807) is 20.4 Å². The van der Waals surface area contributed by atoms with E-state index in [0.29, 0.717) is 24.5 Å². The molecule has 0 heterocycles. The zero-order valence-corrected chi connectivity index (χ0v) is 22.9. The van der Waals surface area contributed by atoms with Gasteiger partial charge in [-0.1, -0.05) is 50.2 Å². The van der Waals surface area contributed by atoms with E-state index in [4.69, 9.17) is 9.47 Å². The van der Waals surface area contributed by atoms with E-state index >= 15 is 0 Å². The number of ether oxygens (including phenoxy) is 2. The predicted molar refractivity (Wildman–Crippen MR) is 154 cm³/mol. The molecule has 0 saturated carbocycles. The van der Waals surface area contributed by atoms with Crippen LogP contribution in [0.4, 0.5) is 11.4 Å². The molecule has 3 N–H and O–H groups in total. The fraction of sp³-hybridized carbons (Fsp3) is 0.367.